The minimum Gasteiger partial charge on any atom is -0.480 e. The number of aliphatic carboxylic acids is 1. The predicted octanol–water partition coefficient (Wildman–Crippen LogP) is 4.02. The average molecular weight is 396 g/mol. The number of carbonyl (C=O) groups excluding carboxylic acids is 1. The number of carboxylic acid groups (broad SMARTS) is 1. The zero-order chi connectivity index (χ0) is 17.7. The molecule has 1 unspecified atom stereocenters. The van der Waals surface area contributed by atoms with Crippen LogP contribution in [0.15, 0.2) is 28.7 Å². The monoisotopic (exact) mass is 395 g/mol. The Labute approximate surface area is 152 Å². The smallest absolute Gasteiger partial charge is 0.326 e. The number of nitrogens with one attached hydrogen (secondary N) is 1. The quantitative estimate of drug-likeness (QED) is 0.763. The first-order valence-corrected chi connectivity index (χ1v) is 9.43. The van der Waals surface area contributed by atoms with Gasteiger partial charge in [0.15, 0.2) is 0 Å². The van der Waals surface area contributed by atoms with Gasteiger partial charge in [-0.3, -0.25) is 4.79 Å². The van der Waals surface area contributed by atoms with E-state index in [-0.39, 0.29) is 11.8 Å². The zero-order valence-corrected chi connectivity index (χ0v) is 15.9. The maximum atomic E-state index is 12.5. The Morgan fingerprint density at radius 2 is 1.75 bits per heavy atom. The number of rotatable bonds is 6. The molecule has 1 saturated carbocycles. The first kappa shape index (κ1) is 19.0. The van der Waals surface area contributed by atoms with E-state index < -0.39 is 12.0 Å². The van der Waals surface area contributed by atoms with Crippen molar-refractivity contribution < 1.29 is 14.7 Å². The van der Waals surface area contributed by atoms with E-state index in [0.29, 0.717) is 18.3 Å². The highest BCUT2D eigenvalue weighted by molar-refractivity contribution is 9.10. The second-order valence-electron chi connectivity index (χ2n) is 7.09. The molecule has 2 N–H and O–H groups in total. The molecular weight excluding hydrogens is 370 g/mol. The van der Waals surface area contributed by atoms with Crippen LogP contribution in [0.25, 0.3) is 0 Å². The lowest BCUT2D eigenvalue weighted by Crippen LogP contribution is -2.45. The first-order chi connectivity index (χ1) is 11.4. The highest BCUT2D eigenvalue weighted by Crippen LogP contribution is 2.33. The first-order valence-electron chi connectivity index (χ1n) is 8.64. The Hall–Kier alpha value is -1.36. The zero-order valence-electron chi connectivity index (χ0n) is 14.3. The highest BCUT2D eigenvalue weighted by atomic mass is 79.9. The molecule has 0 spiro atoms. The molecule has 0 heterocycles. The van der Waals surface area contributed by atoms with E-state index in [1.165, 1.54) is 0 Å². The molecule has 1 aliphatic rings. The van der Waals surface area contributed by atoms with E-state index in [1.54, 1.807) is 0 Å². The normalized spacial score (nSPS) is 22.2. The van der Waals surface area contributed by atoms with Gasteiger partial charge in [-0.1, -0.05) is 41.9 Å². The maximum absolute atomic E-state index is 12.5. The second-order valence-corrected chi connectivity index (χ2v) is 8.00. The molecule has 0 bridgehead atoms. The average Bonchev–Trinajstić information content (AvgIpc) is 2.56. The minimum atomic E-state index is -0.984. The van der Waals surface area contributed by atoms with Crippen molar-refractivity contribution in [2.45, 2.75) is 52.0 Å². The molecule has 1 aliphatic carbocycles. The van der Waals surface area contributed by atoms with E-state index >= 15 is 0 Å². The molecule has 1 fully saturated rings. The van der Waals surface area contributed by atoms with Crippen LogP contribution in [0.1, 0.15) is 45.1 Å². The standard InChI is InChI=1S/C19H26BrNO3/c1-12(2)14-5-7-15(8-6-14)18(22)21-17(19(23)24)11-13-3-9-16(20)10-4-13/h3-4,9-10,12,14-15,17H,5-8,11H2,1-2H3,(H,21,22)(H,23,24). The summed E-state index contributed by atoms with van der Waals surface area (Å²) in [6, 6.07) is 6.63. The van der Waals surface area contributed by atoms with Gasteiger partial charge in [0.2, 0.25) is 5.91 Å². The van der Waals surface area contributed by atoms with E-state index in [1.807, 2.05) is 24.3 Å². The van der Waals surface area contributed by atoms with Crippen LogP contribution in [0, 0.1) is 17.8 Å². The molecule has 0 saturated heterocycles. The fourth-order valence-corrected chi connectivity index (χ4v) is 3.66. The third-order valence-electron chi connectivity index (χ3n) is 5.05. The van der Waals surface area contributed by atoms with Crippen molar-refractivity contribution in [3.8, 4) is 0 Å². The van der Waals surface area contributed by atoms with Crippen LogP contribution in [-0.4, -0.2) is 23.0 Å². The summed E-state index contributed by atoms with van der Waals surface area (Å²) in [7, 11) is 0. The van der Waals surface area contributed by atoms with Crippen LogP contribution in [-0.2, 0) is 16.0 Å². The molecule has 1 amide bonds. The molecule has 132 valence electrons. The van der Waals surface area contributed by atoms with Crippen LogP contribution < -0.4 is 5.32 Å². The summed E-state index contributed by atoms with van der Waals surface area (Å²) in [6.45, 7) is 4.45. The van der Waals surface area contributed by atoms with Gasteiger partial charge in [0.1, 0.15) is 6.04 Å². The summed E-state index contributed by atoms with van der Waals surface area (Å²) in [5, 5.41) is 12.2. The van der Waals surface area contributed by atoms with Gasteiger partial charge in [-0.25, -0.2) is 4.79 Å². The number of halogens is 1. The molecule has 0 radical (unpaired) electrons. The molecule has 1 aromatic carbocycles. The topological polar surface area (TPSA) is 66.4 Å². The van der Waals surface area contributed by atoms with Gasteiger partial charge in [-0.05, 0) is 55.2 Å². The van der Waals surface area contributed by atoms with Gasteiger partial charge in [-0.2, -0.15) is 0 Å². The molecule has 2 rings (SSSR count). The molecule has 5 heteroatoms. The van der Waals surface area contributed by atoms with Gasteiger partial charge >= 0.3 is 5.97 Å². The number of carboxylic acids is 1. The number of benzene rings is 1. The predicted molar refractivity (Wildman–Crippen MR) is 97.7 cm³/mol. The van der Waals surface area contributed by atoms with Crippen LogP contribution in [0.2, 0.25) is 0 Å². The van der Waals surface area contributed by atoms with Crippen LogP contribution in [0.5, 0.6) is 0 Å². The number of amides is 1. The SMILES string of the molecule is CC(C)C1CCC(C(=O)NC(Cc2ccc(Br)cc2)C(=O)O)CC1. The van der Waals surface area contributed by atoms with Crippen molar-refractivity contribution in [1.82, 2.24) is 5.32 Å². The highest BCUT2D eigenvalue weighted by Gasteiger charge is 2.30. The van der Waals surface area contributed by atoms with E-state index in [4.69, 9.17) is 0 Å². The lowest BCUT2D eigenvalue weighted by atomic mass is 9.76. The summed E-state index contributed by atoms with van der Waals surface area (Å²) in [5.74, 6) is 0.195. The molecule has 4 nitrogen and oxygen atoms in total. The Balaban J connectivity index is 1.92. The summed E-state index contributed by atoms with van der Waals surface area (Å²) < 4.78 is 0.948. The minimum absolute atomic E-state index is 0.0493. The fraction of sp³-hybridized carbons (Fsp3) is 0.579. The summed E-state index contributed by atoms with van der Waals surface area (Å²) >= 11 is 3.36. The van der Waals surface area contributed by atoms with Crippen LogP contribution >= 0.6 is 15.9 Å². The van der Waals surface area contributed by atoms with Crippen molar-refractivity contribution in [2.24, 2.45) is 17.8 Å². The van der Waals surface area contributed by atoms with Crippen molar-refractivity contribution in [1.29, 1.82) is 0 Å². The summed E-state index contributed by atoms with van der Waals surface area (Å²) in [5.41, 5.74) is 0.898. The fourth-order valence-electron chi connectivity index (χ4n) is 3.39. The summed E-state index contributed by atoms with van der Waals surface area (Å²) in [6.07, 6.45) is 4.13. The molecule has 1 aromatic rings. The molecular formula is C19H26BrNO3. The van der Waals surface area contributed by atoms with Crippen molar-refractivity contribution in [2.75, 3.05) is 0 Å². The molecule has 0 aromatic heterocycles. The van der Waals surface area contributed by atoms with Gasteiger partial charge < -0.3 is 10.4 Å². The Bertz CT molecular complexity index is 562. The lowest BCUT2D eigenvalue weighted by molar-refractivity contribution is -0.142. The molecule has 1 atom stereocenters. The maximum Gasteiger partial charge on any atom is 0.326 e. The largest absolute Gasteiger partial charge is 0.480 e. The van der Waals surface area contributed by atoms with Crippen LogP contribution in [0.3, 0.4) is 0 Å². The van der Waals surface area contributed by atoms with Gasteiger partial charge in [0.05, 0.1) is 0 Å². The third kappa shape index (κ3) is 5.33. The van der Waals surface area contributed by atoms with E-state index in [9.17, 15) is 14.7 Å². The Kier molecular flexibility index (Phi) is 6.84. The van der Waals surface area contributed by atoms with Gasteiger partial charge in [-0.15, -0.1) is 0 Å². The van der Waals surface area contributed by atoms with Crippen LogP contribution in [0.4, 0.5) is 0 Å². The van der Waals surface area contributed by atoms with Crippen molar-refractivity contribution in [3.63, 3.8) is 0 Å². The number of carbonyl (C=O) groups is 2. The number of hydrogen-bond acceptors (Lipinski definition) is 2. The van der Waals surface area contributed by atoms with Gasteiger partial charge in [0, 0.05) is 16.8 Å². The Morgan fingerprint density at radius 1 is 1.17 bits per heavy atom. The Morgan fingerprint density at radius 3 is 2.25 bits per heavy atom. The lowest BCUT2D eigenvalue weighted by Gasteiger charge is -2.30. The van der Waals surface area contributed by atoms with Gasteiger partial charge in [0.25, 0.3) is 0 Å². The third-order valence-corrected chi connectivity index (χ3v) is 5.58. The molecule has 0 aliphatic heterocycles. The van der Waals surface area contributed by atoms with E-state index in [2.05, 4.69) is 35.1 Å². The van der Waals surface area contributed by atoms with Crippen molar-refractivity contribution >= 4 is 27.8 Å². The van der Waals surface area contributed by atoms with E-state index in [0.717, 1.165) is 35.7 Å². The van der Waals surface area contributed by atoms with Crippen molar-refractivity contribution in [3.05, 3.63) is 34.3 Å². The molecule has 24 heavy (non-hydrogen) atoms. The number of hydrogen-bond donors (Lipinski definition) is 2. The second kappa shape index (κ2) is 8.65. The summed E-state index contributed by atoms with van der Waals surface area (Å²) in [4.78, 5) is 24.0.